The van der Waals surface area contributed by atoms with Gasteiger partial charge in [0.2, 0.25) is 5.95 Å². The molecule has 8 nitrogen and oxygen atoms in total. The van der Waals surface area contributed by atoms with Crippen LogP contribution < -0.4 is 16.4 Å². The Labute approximate surface area is 204 Å². The number of halogens is 4. The van der Waals surface area contributed by atoms with Gasteiger partial charge in [-0.2, -0.15) is 0 Å². The van der Waals surface area contributed by atoms with Crippen LogP contribution in [0.3, 0.4) is 0 Å². The van der Waals surface area contributed by atoms with E-state index in [9.17, 15) is 13.6 Å². The van der Waals surface area contributed by atoms with Crippen molar-refractivity contribution in [2.45, 2.75) is 24.7 Å². The minimum absolute atomic E-state index is 0.0139. The maximum atomic E-state index is 14.1. The summed E-state index contributed by atoms with van der Waals surface area (Å²) < 4.78 is 32.9. The maximum absolute atomic E-state index is 14.1. The average Bonchev–Trinajstić information content (AvgIpc) is 3.29. The number of aromatic amines is 1. The Morgan fingerprint density at radius 2 is 2.15 bits per heavy atom. The van der Waals surface area contributed by atoms with Crippen LogP contribution in [0.2, 0.25) is 10.0 Å². The summed E-state index contributed by atoms with van der Waals surface area (Å²) in [6, 6.07) is 4.41. The van der Waals surface area contributed by atoms with Crippen LogP contribution in [0.25, 0.3) is 11.3 Å². The SMILES string of the molecule is NC[C@@H](NC(=O)c1cc(-c2nc(NC3CCOCC3F)ncc2Cl)c[nH]1)c1cc(F)cc(Cl)c1. The number of nitrogens with two attached hydrogens (primary N) is 1. The van der Waals surface area contributed by atoms with Crippen LogP contribution in [-0.4, -0.2) is 52.8 Å². The molecule has 0 radical (unpaired) electrons. The molecule has 0 saturated carbocycles. The summed E-state index contributed by atoms with van der Waals surface area (Å²) in [6.07, 6.45) is 2.28. The van der Waals surface area contributed by atoms with Gasteiger partial charge < -0.3 is 26.1 Å². The monoisotopic (exact) mass is 510 g/mol. The van der Waals surface area contributed by atoms with Crippen LogP contribution in [0.4, 0.5) is 14.7 Å². The molecule has 5 N–H and O–H groups in total. The van der Waals surface area contributed by atoms with E-state index in [-0.39, 0.29) is 34.8 Å². The molecule has 0 aliphatic carbocycles. The van der Waals surface area contributed by atoms with Crippen LogP contribution in [0.15, 0.2) is 36.7 Å². The van der Waals surface area contributed by atoms with Crippen molar-refractivity contribution in [3.05, 3.63) is 63.8 Å². The molecule has 1 aliphatic heterocycles. The Balaban J connectivity index is 1.50. The number of H-pyrrole nitrogens is 1. The lowest BCUT2D eigenvalue weighted by Gasteiger charge is -2.26. The number of nitrogens with zero attached hydrogens (tertiary/aromatic N) is 2. The van der Waals surface area contributed by atoms with E-state index in [1.54, 1.807) is 12.3 Å². The van der Waals surface area contributed by atoms with Gasteiger partial charge in [-0.15, -0.1) is 0 Å². The third-order valence-corrected chi connectivity index (χ3v) is 5.87. The Morgan fingerprint density at radius 1 is 1.32 bits per heavy atom. The lowest BCUT2D eigenvalue weighted by atomic mass is 10.1. The first-order valence-electron chi connectivity index (χ1n) is 10.5. The molecule has 3 atom stereocenters. The smallest absolute Gasteiger partial charge is 0.268 e. The van der Waals surface area contributed by atoms with Crippen LogP contribution >= 0.6 is 23.2 Å². The molecule has 3 heterocycles. The van der Waals surface area contributed by atoms with Crippen molar-refractivity contribution in [1.82, 2.24) is 20.3 Å². The minimum Gasteiger partial charge on any atom is -0.378 e. The quantitative estimate of drug-likeness (QED) is 0.383. The summed E-state index contributed by atoms with van der Waals surface area (Å²) in [7, 11) is 0. The maximum Gasteiger partial charge on any atom is 0.268 e. The van der Waals surface area contributed by atoms with Crippen molar-refractivity contribution in [2.24, 2.45) is 5.73 Å². The van der Waals surface area contributed by atoms with Crippen molar-refractivity contribution in [1.29, 1.82) is 0 Å². The van der Waals surface area contributed by atoms with Crippen molar-refractivity contribution in [3.8, 4) is 11.3 Å². The van der Waals surface area contributed by atoms with Gasteiger partial charge in [0.15, 0.2) is 0 Å². The van der Waals surface area contributed by atoms with E-state index in [4.69, 9.17) is 33.7 Å². The summed E-state index contributed by atoms with van der Waals surface area (Å²) >= 11 is 12.2. The number of aromatic nitrogens is 3. The fourth-order valence-electron chi connectivity index (χ4n) is 3.62. The second-order valence-electron chi connectivity index (χ2n) is 7.79. The fraction of sp³-hybridized carbons (Fsp3) is 0.318. The second-order valence-corrected chi connectivity index (χ2v) is 8.63. The Bertz CT molecular complexity index is 1160. The molecule has 34 heavy (non-hydrogen) atoms. The van der Waals surface area contributed by atoms with Crippen molar-refractivity contribution in [2.75, 3.05) is 25.1 Å². The lowest BCUT2D eigenvalue weighted by Crippen LogP contribution is -2.39. The number of ether oxygens (including phenoxy) is 1. The standard InChI is InChI=1S/C22H22Cl2F2N6O2/c23-13-3-11(4-14(25)6-13)19(7-27)30-21(33)18-5-12(8-28-18)20-15(24)9-29-22(32-20)31-17-1-2-34-10-16(17)26/h3-6,8-9,16-17,19,28H,1-2,7,10,27H2,(H,30,33)(H,29,31,32)/t16?,17?,19-/m1/s1. The van der Waals surface area contributed by atoms with Gasteiger partial charge in [0.1, 0.15) is 17.7 Å². The first kappa shape index (κ1) is 24.3. The molecule has 0 bridgehead atoms. The highest BCUT2D eigenvalue weighted by Gasteiger charge is 2.26. The molecule has 1 amide bonds. The predicted molar refractivity (Wildman–Crippen MR) is 125 cm³/mol. The van der Waals surface area contributed by atoms with Crippen molar-refractivity contribution in [3.63, 3.8) is 0 Å². The molecular weight excluding hydrogens is 489 g/mol. The number of hydrogen-bond donors (Lipinski definition) is 4. The molecule has 1 fully saturated rings. The molecule has 4 rings (SSSR count). The lowest BCUT2D eigenvalue weighted by molar-refractivity contribution is 0.0284. The number of carbonyl (C=O) groups excluding carboxylic acids is 1. The number of carbonyl (C=O) groups is 1. The fourth-order valence-corrected chi connectivity index (χ4v) is 4.05. The zero-order valence-corrected chi connectivity index (χ0v) is 19.3. The second kappa shape index (κ2) is 10.6. The normalized spacial score (nSPS) is 19.0. The van der Waals surface area contributed by atoms with E-state index in [0.29, 0.717) is 29.8 Å². The highest BCUT2D eigenvalue weighted by Crippen LogP contribution is 2.28. The van der Waals surface area contributed by atoms with E-state index in [0.717, 1.165) is 0 Å². The molecule has 0 spiro atoms. The number of nitrogens with one attached hydrogen (secondary N) is 3. The van der Waals surface area contributed by atoms with Gasteiger partial charge in [0, 0.05) is 29.9 Å². The Kier molecular flexibility index (Phi) is 7.62. The van der Waals surface area contributed by atoms with Gasteiger partial charge in [-0.05, 0) is 36.2 Å². The average molecular weight is 511 g/mol. The number of alkyl halides is 1. The molecule has 2 unspecified atom stereocenters. The van der Waals surface area contributed by atoms with E-state index in [1.807, 2.05) is 0 Å². The topological polar surface area (TPSA) is 118 Å². The third-order valence-electron chi connectivity index (χ3n) is 5.37. The summed E-state index contributed by atoms with van der Waals surface area (Å²) in [5.74, 6) is -0.777. The molecule has 3 aromatic rings. The largest absolute Gasteiger partial charge is 0.378 e. The molecule has 180 valence electrons. The van der Waals surface area contributed by atoms with Crippen LogP contribution in [0, 0.1) is 5.82 Å². The van der Waals surface area contributed by atoms with Gasteiger partial charge >= 0.3 is 0 Å². The zero-order valence-electron chi connectivity index (χ0n) is 17.8. The van der Waals surface area contributed by atoms with E-state index in [2.05, 4.69) is 25.6 Å². The van der Waals surface area contributed by atoms with E-state index >= 15 is 0 Å². The van der Waals surface area contributed by atoms with Gasteiger partial charge in [-0.3, -0.25) is 4.79 Å². The van der Waals surface area contributed by atoms with E-state index < -0.39 is 30.0 Å². The molecular formula is C22H22Cl2F2N6O2. The highest BCUT2D eigenvalue weighted by molar-refractivity contribution is 6.33. The number of benzene rings is 1. The van der Waals surface area contributed by atoms with Gasteiger partial charge in [0.25, 0.3) is 5.91 Å². The van der Waals surface area contributed by atoms with Crippen LogP contribution in [0.1, 0.15) is 28.5 Å². The van der Waals surface area contributed by atoms with Gasteiger partial charge in [-0.1, -0.05) is 23.2 Å². The van der Waals surface area contributed by atoms with E-state index in [1.165, 1.54) is 24.4 Å². The Hall–Kier alpha value is -2.79. The van der Waals surface area contributed by atoms with Crippen LogP contribution in [0.5, 0.6) is 0 Å². The molecule has 2 aromatic heterocycles. The Morgan fingerprint density at radius 3 is 2.88 bits per heavy atom. The summed E-state index contributed by atoms with van der Waals surface area (Å²) in [4.78, 5) is 24.2. The molecule has 12 heteroatoms. The first-order chi connectivity index (χ1) is 16.3. The molecule has 1 aliphatic rings. The van der Waals surface area contributed by atoms with Crippen molar-refractivity contribution >= 4 is 35.1 Å². The zero-order chi connectivity index (χ0) is 24.2. The number of rotatable bonds is 7. The molecule has 1 saturated heterocycles. The first-order valence-corrected chi connectivity index (χ1v) is 11.3. The highest BCUT2D eigenvalue weighted by atomic mass is 35.5. The number of anilines is 1. The number of hydrogen-bond acceptors (Lipinski definition) is 6. The van der Waals surface area contributed by atoms with Crippen LogP contribution in [-0.2, 0) is 4.74 Å². The summed E-state index contributed by atoms with van der Waals surface area (Å²) in [5.41, 5.74) is 7.34. The van der Waals surface area contributed by atoms with Crippen molar-refractivity contribution < 1.29 is 18.3 Å². The minimum atomic E-state index is -1.18. The van der Waals surface area contributed by atoms with Gasteiger partial charge in [-0.25, -0.2) is 18.7 Å². The summed E-state index contributed by atoms with van der Waals surface area (Å²) in [6.45, 7) is 0.494. The summed E-state index contributed by atoms with van der Waals surface area (Å²) in [5, 5.41) is 6.19. The third kappa shape index (κ3) is 5.64. The van der Waals surface area contributed by atoms with Gasteiger partial charge in [0.05, 0.1) is 35.6 Å². The molecule has 1 aromatic carbocycles. The predicted octanol–water partition coefficient (Wildman–Crippen LogP) is 3.89. The number of amides is 1.